The Morgan fingerprint density at radius 1 is 1.43 bits per heavy atom. The van der Waals surface area contributed by atoms with Crippen LogP contribution in [0.3, 0.4) is 0 Å². The number of aryl methyl sites for hydroxylation is 2. The molecule has 0 aliphatic heterocycles. The molecule has 0 spiro atoms. The number of phenolic OH excluding ortho intramolecular Hbond substituents is 1. The van der Waals surface area contributed by atoms with Crippen molar-refractivity contribution in [3.63, 3.8) is 0 Å². The van der Waals surface area contributed by atoms with Crippen LogP contribution in [0.4, 0.5) is 0 Å². The Morgan fingerprint density at radius 3 is 2.50 bits per heavy atom. The Kier molecular flexibility index (Phi) is 3.32. The van der Waals surface area contributed by atoms with Gasteiger partial charge in [0.05, 0.1) is 4.47 Å². The standard InChI is InChI=1S/C11H13BrO2/c1-6-4-7(2)10(12)11(14)9(6)5-8(3)13/h4,14H,5H2,1-3H3. The van der Waals surface area contributed by atoms with Gasteiger partial charge in [-0.3, -0.25) is 4.79 Å². The van der Waals surface area contributed by atoms with Gasteiger partial charge in [-0.15, -0.1) is 0 Å². The van der Waals surface area contributed by atoms with Crippen molar-refractivity contribution in [3.8, 4) is 5.75 Å². The summed E-state index contributed by atoms with van der Waals surface area (Å²) in [5.74, 6) is 0.247. The summed E-state index contributed by atoms with van der Waals surface area (Å²) in [5, 5.41) is 9.81. The van der Waals surface area contributed by atoms with Gasteiger partial charge in [0, 0.05) is 12.0 Å². The number of carbonyl (C=O) groups is 1. The second kappa shape index (κ2) is 4.13. The maximum Gasteiger partial charge on any atom is 0.134 e. The molecule has 0 atom stereocenters. The van der Waals surface area contributed by atoms with Gasteiger partial charge in [-0.1, -0.05) is 6.07 Å². The zero-order valence-electron chi connectivity index (χ0n) is 8.52. The third-order valence-electron chi connectivity index (χ3n) is 2.17. The van der Waals surface area contributed by atoms with Gasteiger partial charge in [-0.25, -0.2) is 0 Å². The third-order valence-corrected chi connectivity index (χ3v) is 3.18. The van der Waals surface area contributed by atoms with Crippen LogP contribution >= 0.6 is 15.9 Å². The molecule has 0 amide bonds. The summed E-state index contributed by atoms with van der Waals surface area (Å²) in [5.41, 5.74) is 2.65. The molecule has 76 valence electrons. The second-order valence-corrected chi connectivity index (χ2v) is 4.32. The maximum atomic E-state index is 11.0. The molecule has 0 bridgehead atoms. The van der Waals surface area contributed by atoms with E-state index in [9.17, 15) is 9.90 Å². The van der Waals surface area contributed by atoms with Crippen LogP contribution in [0.5, 0.6) is 5.75 Å². The number of rotatable bonds is 2. The van der Waals surface area contributed by atoms with E-state index in [4.69, 9.17) is 0 Å². The van der Waals surface area contributed by atoms with E-state index in [1.807, 2.05) is 19.9 Å². The lowest BCUT2D eigenvalue weighted by Crippen LogP contribution is -2.00. The molecule has 0 saturated carbocycles. The van der Waals surface area contributed by atoms with E-state index in [-0.39, 0.29) is 18.0 Å². The number of phenols is 1. The Labute approximate surface area is 92.1 Å². The molecule has 0 aromatic heterocycles. The largest absolute Gasteiger partial charge is 0.506 e. The van der Waals surface area contributed by atoms with Crippen molar-refractivity contribution in [3.05, 3.63) is 27.2 Å². The predicted octanol–water partition coefficient (Wildman–Crippen LogP) is 2.90. The van der Waals surface area contributed by atoms with Crippen molar-refractivity contribution in [2.45, 2.75) is 27.2 Å². The van der Waals surface area contributed by atoms with Gasteiger partial charge in [0.15, 0.2) is 0 Å². The summed E-state index contributed by atoms with van der Waals surface area (Å²) in [6.07, 6.45) is 0.288. The molecule has 0 aliphatic rings. The summed E-state index contributed by atoms with van der Waals surface area (Å²) in [4.78, 5) is 11.0. The molecule has 1 aromatic carbocycles. The van der Waals surface area contributed by atoms with Crippen LogP contribution in [0.15, 0.2) is 10.5 Å². The van der Waals surface area contributed by atoms with Gasteiger partial charge in [-0.2, -0.15) is 0 Å². The van der Waals surface area contributed by atoms with Gasteiger partial charge in [0.25, 0.3) is 0 Å². The highest BCUT2D eigenvalue weighted by Crippen LogP contribution is 2.33. The second-order valence-electron chi connectivity index (χ2n) is 3.53. The fourth-order valence-corrected chi connectivity index (χ4v) is 1.81. The van der Waals surface area contributed by atoms with E-state index in [0.717, 1.165) is 16.7 Å². The van der Waals surface area contributed by atoms with Gasteiger partial charge in [0.2, 0.25) is 0 Å². The summed E-state index contributed by atoms with van der Waals surface area (Å²) >= 11 is 3.29. The minimum Gasteiger partial charge on any atom is -0.506 e. The first-order chi connectivity index (χ1) is 6.43. The third kappa shape index (κ3) is 2.15. The molecule has 2 nitrogen and oxygen atoms in total. The zero-order chi connectivity index (χ0) is 10.9. The van der Waals surface area contributed by atoms with Crippen LogP contribution < -0.4 is 0 Å². The zero-order valence-corrected chi connectivity index (χ0v) is 10.1. The van der Waals surface area contributed by atoms with E-state index < -0.39 is 0 Å². The molecule has 0 heterocycles. The van der Waals surface area contributed by atoms with E-state index in [0.29, 0.717) is 4.47 Å². The highest BCUT2D eigenvalue weighted by atomic mass is 79.9. The minimum atomic E-state index is 0.0548. The number of aromatic hydroxyl groups is 1. The fraction of sp³-hybridized carbons (Fsp3) is 0.364. The van der Waals surface area contributed by atoms with Crippen molar-refractivity contribution in [2.75, 3.05) is 0 Å². The van der Waals surface area contributed by atoms with Gasteiger partial charge in [0.1, 0.15) is 11.5 Å². The van der Waals surface area contributed by atoms with Crippen molar-refractivity contribution in [2.24, 2.45) is 0 Å². The molecule has 1 rings (SSSR count). The lowest BCUT2D eigenvalue weighted by Gasteiger charge is -2.10. The van der Waals surface area contributed by atoms with Crippen LogP contribution in [0, 0.1) is 13.8 Å². The molecular formula is C11H13BrO2. The number of hydrogen-bond donors (Lipinski definition) is 1. The van der Waals surface area contributed by atoms with E-state index >= 15 is 0 Å². The lowest BCUT2D eigenvalue weighted by atomic mass is 10.0. The first kappa shape index (κ1) is 11.2. The molecule has 1 aromatic rings. The Hall–Kier alpha value is -0.830. The molecule has 0 unspecified atom stereocenters. The minimum absolute atomic E-state index is 0.0548. The Balaban J connectivity index is 3.29. The molecule has 0 saturated heterocycles. The average molecular weight is 257 g/mol. The van der Waals surface area contributed by atoms with Gasteiger partial charge >= 0.3 is 0 Å². The van der Waals surface area contributed by atoms with Crippen molar-refractivity contribution >= 4 is 21.7 Å². The number of ketones is 1. The number of carbonyl (C=O) groups excluding carboxylic acids is 1. The van der Waals surface area contributed by atoms with Crippen LogP contribution in [-0.4, -0.2) is 10.9 Å². The number of Topliss-reactive ketones (excluding diaryl/α,β-unsaturated/α-hetero) is 1. The number of halogens is 1. The van der Waals surface area contributed by atoms with E-state index in [2.05, 4.69) is 15.9 Å². The molecule has 0 aliphatic carbocycles. The normalized spacial score (nSPS) is 10.3. The van der Waals surface area contributed by atoms with Crippen molar-refractivity contribution in [1.82, 2.24) is 0 Å². The van der Waals surface area contributed by atoms with Crippen molar-refractivity contribution in [1.29, 1.82) is 0 Å². The first-order valence-corrected chi connectivity index (χ1v) is 5.19. The predicted molar refractivity (Wildman–Crippen MR) is 59.7 cm³/mol. The first-order valence-electron chi connectivity index (χ1n) is 4.40. The van der Waals surface area contributed by atoms with Crippen LogP contribution in [0.1, 0.15) is 23.6 Å². The monoisotopic (exact) mass is 256 g/mol. The Bertz CT molecular complexity index is 383. The molecule has 1 N–H and O–H groups in total. The van der Waals surface area contributed by atoms with E-state index in [1.165, 1.54) is 6.92 Å². The molecule has 0 fully saturated rings. The summed E-state index contributed by atoms with van der Waals surface area (Å²) in [7, 11) is 0. The number of benzene rings is 1. The fourth-order valence-electron chi connectivity index (χ4n) is 1.45. The molecular weight excluding hydrogens is 244 g/mol. The SMILES string of the molecule is CC(=O)Cc1c(C)cc(C)c(Br)c1O. The van der Waals surface area contributed by atoms with Gasteiger partial charge in [-0.05, 0) is 47.8 Å². The van der Waals surface area contributed by atoms with Crippen LogP contribution in [0.2, 0.25) is 0 Å². The number of hydrogen-bond acceptors (Lipinski definition) is 2. The Morgan fingerprint density at radius 2 is 2.00 bits per heavy atom. The van der Waals surface area contributed by atoms with Gasteiger partial charge < -0.3 is 5.11 Å². The maximum absolute atomic E-state index is 11.0. The highest BCUT2D eigenvalue weighted by molar-refractivity contribution is 9.10. The molecule has 14 heavy (non-hydrogen) atoms. The average Bonchev–Trinajstić information content (AvgIpc) is 2.09. The summed E-state index contributed by atoms with van der Waals surface area (Å²) < 4.78 is 0.680. The molecule has 0 radical (unpaired) electrons. The summed E-state index contributed by atoms with van der Waals surface area (Å²) in [6.45, 7) is 5.33. The highest BCUT2D eigenvalue weighted by Gasteiger charge is 2.12. The van der Waals surface area contributed by atoms with E-state index in [1.54, 1.807) is 0 Å². The lowest BCUT2D eigenvalue weighted by molar-refractivity contribution is -0.116. The van der Waals surface area contributed by atoms with Crippen LogP contribution in [-0.2, 0) is 11.2 Å². The molecule has 3 heteroatoms. The topological polar surface area (TPSA) is 37.3 Å². The smallest absolute Gasteiger partial charge is 0.134 e. The van der Waals surface area contributed by atoms with Crippen LogP contribution in [0.25, 0.3) is 0 Å². The quantitative estimate of drug-likeness (QED) is 0.884. The van der Waals surface area contributed by atoms with Crippen molar-refractivity contribution < 1.29 is 9.90 Å². The summed E-state index contributed by atoms with van der Waals surface area (Å²) in [6, 6.07) is 1.96.